The van der Waals surface area contributed by atoms with Crippen molar-refractivity contribution in [1.82, 2.24) is 19.7 Å². The molecule has 0 fully saturated rings. The number of aryl methyl sites for hydroxylation is 1. The summed E-state index contributed by atoms with van der Waals surface area (Å²) in [7, 11) is -2.05. The van der Waals surface area contributed by atoms with Crippen molar-refractivity contribution >= 4 is 37.6 Å². The quantitative estimate of drug-likeness (QED) is 0.591. The highest BCUT2D eigenvalue weighted by Crippen LogP contribution is 2.17. The average Bonchev–Trinajstić information content (AvgIpc) is 2.64. The van der Waals surface area contributed by atoms with Crippen molar-refractivity contribution in [3.63, 3.8) is 0 Å². The molecule has 1 atom stereocenters. The molecule has 1 heterocycles. The molecule has 0 aliphatic carbocycles. The van der Waals surface area contributed by atoms with Gasteiger partial charge in [-0.05, 0) is 34.7 Å². The zero-order valence-corrected chi connectivity index (χ0v) is 13.4. The molecule has 1 rings (SSSR count). The number of aromatic nitrogens is 3. The monoisotopic (exact) mass is 358 g/mol. The van der Waals surface area contributed by atoms with Crippen molar-refractivity contribution in [1.29, 1.82) is 0 Å². The van der Waals surface area contributed by atoms with Crippen LogP contribution in [0.1, 0.15) is 19.8 Å². The number of alkyl halides is 1. The summed E-state index contributed by atoms with van der Waals surface area (Å²) < 4.78 is 27.9. The molecule has 0 aliphatic rings. The molecule has 1 aromatic heterocycles. The molecule has 1 aromatic rings. The summed E-state index contributed by atoms with van der Waals surface area (Å²) in [5.41, 5.74) is 0. The molecule has 9 heteroatoms. The van der Waals surface area contributed by atoms with Crippen LogP contribution in [0.3, 0.4) is 0 Å². The topological polar surface area (TPSA) is 76.9 Å². The standard InChI is InChI=1S/C9H16BrClN4O2S/c1-7(6-11)4-3-5-12-18(16,17)9-8(10)13-14-15(9)2/h7,12H,3-6H2,1-2H3. The first-order chi connectivity index (χ1) is 8.38. The molecule has 18 heavy (non-hydrogen) atoms. The van der Waals surface area contributed by atoms with Crippen molar-refractivity contribution in [3.05, 3.63) is 4.60 Å². The Bertz CT molecular complexity index is 471. The van der Waals surface area contributed by atoms with Gasteiger partial charge in [-0.1, -0.05) is 12.1 Å². The second-order valence-electron chi connectivity index (χ2n) is 4.11. The lowest BCUT2D eigenvalue weighted by Crippen LogP contribution is -2.27. The van der Waals surface area contributed by atoms with Crippen molar-refractivity contribution in [3.8, 4) is 0 Å². The molecule has 0 radical (unpaired) electrons. The van der Waals surface area contributed by atoms with Gasteiger partial charge in [-0.25, -0.2) is 17.8 Å². The predicted molar refractivity (Wildman–Crippen MR) is 73.0 cm³/mol. The van der Waals surface area contributed by atoms with E-state index in [1.54, 1.807) is 0 Å². The number of hydrogen-bond acceptors (Lipinski definition) is 4. The minimum Gasteiger partial charge on any atom is -0.235 e. The summed E-state index contributed by atoms with van der Waals surface area (Å²) in [5, 5.41) is 7.32. The Morgan fingerprint density at radius 1 is 1.56 bits per heavy atom. The van der Waals surface area contributed by atoms with Crippen molar-refractivity contribution in [2.75, 3.05) is 12.4 Å². The Balaban J connectivity index is 2.56. The molecule has 0 saturated carbocycles. The molecule has 1 N–H and O–H groups in total. The SMILES string of the molecule is CC(CCl)CCCNS(=O)(=O)c1c(Br)nnn1C. The lowest BCUT2D eigenvalue weighted by molar-refractivity contribution is 0.535. The lowest BCUT2D eigenvalue weighted by atomic mass is 10.1. The molecular weight excluding hydrogens is 344 g/mol. The Morgan fingerprint density at radius 2 is 2.22 bits per heavy atom. The van der Waals surface area contributed by atoms with Crippen molar-refractivity contribution in [2.45, 2.75) is 24.8 Å². The second-order valence-corrected chi connectivity index (χ2v) is 6.85. The van der Waals surface area contributed by atoms with Crippen LogP contribution in [-0.2, 0) is 17.1 Å². The Hall–Kier alpha value is -0.180. The van der Waals surface area contributed by atoms with Gasteiger partial charge < -0.3 is 0 Å². The Labute approximate surface area is 120 Å². The van der Waals surface area contributed by atoms with Crippen LogP contribution in [0.5, 0.6) is 0 Å². The smallest absolute Gasteiger partial charge is 0.235 e. The molecule has 6 nitrogen and oxygen atoms in total. The highest BCUT2D eigenvalue weighted by Gasteiger charge is 2.23. The molecular formula is C9H16BrClN4O2S. The largest absolute Gasteiger partial charge is 0.260 e. The van der Waals surface area contributed by atoms with Crippen LogP contribution in [0, 0.1) is 5.92 Å². The van der Waals surface area contributed by atoms with Crippen LogP contribution in [0.15, 0.2) is 9.63 Å². The zero-order chi connectivity index (χ0) is 13.8. The van der Waals surface area contributed by atoms with Crippen LogP contribution < -0.4 is 4.72 Å². The molecule has 0 bridgehead atoms. The van der Waals surface area contributed by atoms with Gasteiger partial charge in [-0.2, -0.15) is 0 Å². The number of sulfonamides is 1. The van der Waals surface area contributed by atoms with Crippen LogP contribution in [0.4, 0.5) is 0 Å². The Morgan fingerprint density at radius 3 is 2.72 bits per heavy atom. The predicted octanol–water partition coefficient (Wildman–Crippen LogP) is 1.51. The number of nitrogens with one attached hydrogen (secondary N) is 1. The summed E-state index contributed by atoms with van der Waals surface area (Å²) in [6.45, 7) is 2.41. The van der Waals surface area contributed by atoms with E-state index in [4.69, 9.17) is 11.6 Å². The highest BCUT2D eigenvalue weighted by atomic mass is 79.9. The normalized spacial score (nSPS) is 13.8. The summed E-state index contributed by atoms with van der Waals surface area (Å²) in [5.74, 6) is 0.977. The number of hydrogen-bond donors (Lipinski definition) is 1. The van der Waals surface area contributed by atoms with Gasteiger partial charge in [0.25, 0.3) is 10.0 Å². The molecule has 0 aromatic carbocycles. The summed E-state index contributed by atoms with van der Waals surface area (Å²) in [6.07, 6.45) is 1.63. The lowest BCUT2D eigenvalue weighted by Gasteiger charge is -2.08. The van der Waals surface area contributed by atoms with Crippen molar-refractivity contribution < 1.29 is 8.42 Å². The van der Waals surface area contributed by atoms with Gasteiger partial charge >= 0.3 is 0 Å². The molecule has 0 saturated heterocycles. The van der Waals surface area contributed by atoms with E-state index < -0.39 is 10.0 Å². The second kappa shape index (κ2) is 6.83. The maximum absolute atomic E-state index is 12.0. The molecule has 1 unspecified atom stereocenters. The zero-order valence-electron chi connectivity index (χ0n) is 10.2. The van der Waals surface area contributed by atoms with Crippen LogP contribution in [-0.4, -0.2) is 35.8 Å². The highest BCUT2D eigenvalue weighted by molar-refractivity contribution is 9.10. The van der Waals surface area contributed by atoms with E-state index in [9.17, 15) is 8.42 Å². The third kappa shape index (κ3) is 4.18. The minimum atomic E-state index is -3.57. The van der Waals surface area contributed by atoms with Gasteiger partial charge in [-0.15, -0.1) is 16.7 Å². The summed E-state index contributed by atoms with van der Waals surface area (Å²) >= 11 is 8.74. The van der Waals surface area contributed by atoms with Crippen molar-refractivity contribution in [2.24, 2.45) is 13.0 Å². The molecule has 0 amide bonds. The van der Waals surface area contributed by atoms with Gasteiger partial charge in [0.15, 0.2) is 4.60 Å². The summed E-state index contributed by atoms with van der Waals surface area (Å²) in [4.78, 5) is 0. The maximum atomic E-state index is 12.0. The first-order valence-electron chi connectivity index (χ1n) is 5.49. The number of halogens is 2. The first kappa shape index (κ1) is 15.9. The fourth-order valence-corrected chi connectivity index (χ4v) is 3.73. The van der Waals surface area contributed by atoms with Gasteiger partial charge in [-0.3, -0.25) is 0 Å². The van der Waals surface area contributed by atoms with Crippen LogP contribution >= 0.6 is 27.5 Å². The van der Waals surface area contributed by atoms with Crippen LogP contribution in [0.2, 0.25) is 0 Å². The fourth-order valence-electron chi connectivity index (χ4n) is 1.41. The fraction of sp³-hybridized carbons (Fsp3) is 0.778. The van der Waals surface area contributed by atoms with E-state index in [1.165, 1.54) is 11.7 Å². The maximum Gasteiger partial charge on any atom is 0.260 e. The minimum absolute atomic E-state index is 0.0351. The van der Waals surface area contributed by atoms with E-state index in [0.29, 0.717) is 18.3 Å². The van der Waals surface area contributed by atoms with E-state index in [0.717, 1.165) is 12.8 Å². The summed E-state index contributed by atoms with van der Waals surface area (Å²) in [6, 6.07) is 0. The van der Waals surface area contributed by atoms with Gasteiger partial charge in [0.1, 0.15) is 0 Å². The Kier molecular flexibility index (Phi) is 6.03. The van der Waals surface area contributed by atoms with E-state index in [2.05, 4.69) is 31.0 Å². The number of nitrogens with zero attached hydrogens (tertiary/aromatic N) is 3. The third-order valence-corrected chi connectivity index (χ3v) is 5.30. The average molecular weight is 360 g/mol. The molecule has 104 valence electrons. The third-order valence-electron chi connectivity index (χ3n) is 2.42. The van der Waals surface area contributed by atoms with E-state index in [-0.39, 0.29) is 9.63 Å². The number of rotatable bonds is 7. The van der Waals surface area contributed by atoms with Gasteiger partial charge in [0, 0.05) is 19.5 Å². The molecule has 0 spiro atoms. The van der Waals surface area contributed by atoms with E-state index >= 15 is 0 Å². The van der Waals surface area contributed by atoms with E-state index in [1.807, 2.05) is 6.92 Å². The first-order valence-corrected chi connectivity index (χ1v) is 8.30. The van der Waals surface area contributed by atoms with Gasteiger partial charge in [0.2, 0.25) is 5.03 Å². The van der Waals surface area contributed by atoms with Gasteiger partial charge in [0.05, 0.1) is 0 Å². The molecule has 0 aliphatic heterocycles. The van der Waals surface area contributed by atoms with Crippen LogP contribution in [0.25, 0.3) is 0 Å².